The minimum absolute atomic E-state index is 0.411. The quantitative estimate of drug-likeness (QED) is 0.765. The van der Waals surface area contributed by atoms with Crippen molar-refractivity contribution in [1.29, 1.82) is 0 Å². The Morgan fingerprint density at radius 3 is 2.56 bits per heavy atom. The van der Waals surface area contributed by atoms with Crippen molar-refractivity contribution in [3.63, 3.8) is 0 Å². The third kappa shape index (κ3) is 2.51. The van der Waals surface area contributed by atoms with Crippen LogP contribution in [0.3, 0.4) is 0 Å². The van der Waals surface area contributed by atoms with Gasteiger partial charge in [-0.25, -0.2) is 0 Å². The third-order valence-corrected chi connectivity index (χ3v) is 3.92. The summed E-state index contributed by atoms with van der Waals surface area (Å²) in [4.78, 5) is 4.70. The lowest BCUT2D eigenvalue weighted by Crippen LogP contribution is -2.44. The van der Waals surface area contributed by atoms with Gasteiger partial charge in [0.05, 0.1) is 10.0 Å². The first kappa shape index (κ1) is 12.2. The summed E-state index contributed by atoms with van der Waals surface area (Å²) in [6.07, 6.45) is 0. The first-order valence-electron chi connectivity index (χ1n) is 5.41. The van der Waals surface area contributed by atoms with Gasteiger partial charge < -0.3 is 4.90 Å². The smallest absolute Gasteiger partial charge is 0.0595 e. The van der Waals surface area contributed by atoms with Crippen LogP contribution in [0, 0.1) is 0 Å². The molecule has 0 N–H and O–H groups in total. The highest BCUT2D eigenvalue weighted by atomic mass is 35.5. The van der Waals surface area contributed by atoms with Gasteiger partial charge in [0.1, 0.15) is 0 Å². The van der Waals surface area contributed by atoms with Gasteiger partial charge in [-0.3, -0.25) is 4.90 Å². The molecule has 2 rings (SSSR count). The zero-order valence-electron chi connectivity index (χ0n) is 9.58. The van der Waals surface area contributed by atoms with E-state index in [0.717, 1.165) is 19.6 Å². The van der Waals surface area contributed by atoms with Gasteiger partial charge in [0.25, 0.3) is 0 Å². The summed E-state index contributed by atoms with van der Waals surface area (Å²) in [5.41, 5.74) is 1.24. The Kier molecular flexibility index (Phi) is 3.75. The second kappa shape index (κ2) is 4.92. The summed E-state index contributed by atoms with van der Waals surface area (Å²) in [5.74, 6) is 0. The van der Waals surface area contributed by atoms with E-state index in [1.54, 1.807) is 0 Å². The summed E-state index contributed by atoms with van der Waals surface area (Å²) in [5, 5.41) is 1.26. The maximum Gasteiger partial charge on any atom is 0.0595 e. The molecular weight excluding hydrogens is 243 g/mol. The predicted molar refractivity (Wildman–Crippen MR) is 69.3 cm³/mol. The van der Waals surface area contributed by atoms with Crippen LogP contribution < -0.4 is 0 Å². The highest BCUT2D eigenvalue weighted by Gasteiger charge is 2.23. The van der Waals surface area contributed by atoms with Crippen LogP contribution in [0.25, 0.3) is 0 Å². The second-order valence-electron chi connectivity index (χ2n) is 4.43. The third-order valence-electron chi connectivity index (χ3n) is 3.18. The molecule has 0 aliphatic carbocycles. The van der Waals surface area contributed by atoms with Gasteiger partial charge >= 0.3 is 0 Å². The van der Waals surface area contributed by atoms with E-state index in [-0.39, 0.29) is 0 Å². The molecule has 0 unspecified atom stereocenters. The molecule has 1 aromatic carbocycles. The fourth-order valence-corrected chi connectivity index (χ4v) is 2.40. The second-order valence-corrected chi connectivity index (χ2v) is 5.25. The summed E-state index contributed by atoms with van der Waals surface area (Å²) < 4.78 is 0. The Bertz CT molecular complexity index is 381. The van der Waals surface area contributed by atoms with Crippen molar-refractivity contribution in [3.05, 3.63) is 33.8 Å². The van der Waals surface area contributed by atoms with E-state index in [1.807, 2.05) is 12.1 Å². The molecule has 0 spiro atoms. The zero-order valence-corrected chi connectivity index (χ0v) is 11.1. The molecule has 0 saturated carbocycles. The molecule has 88 valence electrons. The van der Waals surface area contributed by atoms with Crippen molar-refractivity contribution >= 4 is 23.2 Å². The van der Waals surface area contributed by atoms with Crippen molar-refractivity contribution in [2.45, 2.75) is 6.04 Å². The Balaban J connectivity index is 2.24. The zero-order chi connectivity index (χ0) is 11.7. The first-order valence-corrected chi connectivity index (χ1v) is 6.17. The maximum absolute atomic E-state index is 6.05. The van der Waals surface area contributed by atoms with Gasteiger partial charge in [0.15, 0.2) is 0 Å². The molecule has 2 nitrogen and oxygen atoms in total. The van der Waals surface area contributed by atoms with Crippen molar-refractivity contribution in [3.8, 4) is 0 Å². The normalized spacial score (nSPS) is 23.6. The van der Waals surface area contributed by atoms with Crippen LogP contribution >= 0.6 is 23.2 Å². The number of nitrogens with zero attached hydrogens (tertiary/aromatic N) is 2. The molecular formula is C12H16Cl2N2. The van der Waals surface area contributed by atoms with Crippen LogP contribution in [0.15, 0.2) is 18.2 Å². The number of hydrogen-bond acceptors (Lipinski definition) is 2. The Hall–Kier alpha value is -0.280. The van der Waals surface area contributed by atoms with Crippen molar-refractivity contribution in [1.82, 2.24) is 9.80 Å². The highest BCUT2D eigenvalue weighted by molar-refractivity contribution is 6.42. The minimum Gasteiger partial charge on any atom is -0.303 e. The van der Waals surface area contributed by atoms with Crippen LogP contribution in [0.2, 0.25) is 10.0 Å². The molecule has 1 saturated heterocycles. The standard InChI is InChI=1S/C12H16Cl2N2/c1-15-5-6-16(2)12(8-15)9-3-4-10(13)11(14)7-9/h3-4,7,12H,5-6,8H2,1-2H3/t12-/m0/s1. The van der Waals surface area contributed by atoms with Gasteiger partial charge in [0, 0.05) is 25.7 Å². The number of piperazine rings is 1. The molecule has 0 amide bonds. The topological polar surface area (TPSA) is 6.48 Å². The number of rotatable bonds is 1. The highest BCUT2D eigenvalue weighted by Crippen LogP contribution is 2.29. The lowest BCUT2D eigenvalue weighted by Gasteiger charge is -2.38. The summed E-state index contributed by atoms with van der Waals surface area (Å²) in [6.45, 7) is 3.24. The SMILES string of the molecule is CN1CCN(C)[C@H](c2ccc(Cl)c(Cl)c2)C1. The van der Waals surface area contributed by atoms with E-state index in [0.29, 0.717) is 16.1 Å². The monoisotopic (exact) mass is 258 g/mol. The van der Waals surface area contributed by atoms with Gasteiger partial charge in [-0.2, -0.15) is 0 Å². The van der Waals surface area contributed by atoms with Crippen molar-refractivity contribution < 1.29 is 0 Å². The van der Waals surface area contributed by atoms with E-state index in [4.69, 9.17) is 23.2 Å². The van der Waals surface area contributed by atoms with Crippen molar-refractivity contribution in [2.24, 2.45) is 0 Å². The van der Waals surface area contributed by atoms with Gasteiger partial charge in [0.2, 0.25) is 0 Å². The summed E-state index contributed by atoms with van der Waals surface area (Å²) in [6, 6.07) is 6.33. The molecule has 1 fully saturated rings. The van der Waals surface area contributed by atoms with Gasteiger partial charge in [-0.15, -0.1) is 0 Å². The molecule has 1 aliphatic rings. The number of hydrogen-bond donors (Lipinski definition) is 0. The molecule has 1 heterocycles. The van der Waals surface area contributed by atoms with E-state index in [9.17, 15) is 0 Å². The lowest BCUT2D eigenvalue weighted by atomic mass is 10.0. The molecule has 1 aliphatic heterocycles. The number of halogens is 2. The molecule has 1 aromatic rings. The van der Waals surface area contributed by atoms with Gasteiger partial charge in [-0.05, 0) is 31.8 Å². The maximum atomic E-state index is 6.05. The average molecular weight is 259 g/mol. The Morgan fingerprint density at radius 1 is 1.12 bits per heavy atom. The fraction of sp³-hybridized carbons (Fsp3) is 0.500. The van der Waals surface area contributed by atoms with Crippen LogP contribution in [-0.4, -0.2) is 43.5 Å². The largest absolute Gasteiger partial charge is 0.303 e. The van der Waals surface area contributed by atoms with E-state index in [1.165, 1.54) is 5.56 Å². The fourth-order valence-electron chi connectivity index (χ4n) is 2.09. The first-order chi connectivity index (χ1) is 7.58. The Morgan fingerprint density at radius 2 is 1.88 bits per heavy atom. The van der Waals surface area contributed by atoms with E-state index in [2.05, 4.69) is 30.0 Å². The number of benzene rings is 1. The van der Waals surface area contributed by atoms with Crippen LogP contribution in [0.5, 0.6) is 0 Å². The van der Waals surface area contributed by atoms with Crippen LogP contribution in [0.1, 0.15) is 11.6 Å². The number of likely N-dealkylation sites (N-methyl/N-ethyl adjacent to an activating group) is 2. The van der Waals surface area contributed by atoms with Crippen molar-refractivity contribution in [2.75, 3.05) is 33.7 Å². The minimum atomic E-state index is 0.411. The predicted octanol–water partition coefficient (Wildman–Crippen LogP) is 2.91. The Labute approximate surface area is 107 Å². The molecule has 4 heteroatoms. The summed E-state index contributed by atoms with van der Waals surface area (Å²) >= 11 is 12.0. The van der Waals surface area contributed by atoms with E-state index < -0.39 is 0 Å². The molecule has 0 bridgehead atoms. The average Bonchev–Trinajstić information content (AvgIpc) is 2.26. The lowest BCUT2D eigenvalue weighted by molar-refractivity contribution is 0.115. The molecule has 16 heavy (non-hydrogen) atoms. The van der Waals surface area contributed by atoms with Crippen LogP contribution in [-0.2, 0) is 0 Å². The molecule has 0 radical (unpaired) electrons. The molecule has 0 aromatic heterocycles. The summed E-state index contributed by atoms with van der Waals surface area (Å²) in [7, 11) is 4.30. The van der Waals surface area contributed by atoms with Crippen LogP contribution in [0.4, 0.5) is 0 Å². The van der Waals surface area contributed by atoms with Gasteiger partial charge in [-0.1, -0.05) is 29.3 Å². The molecule has 1 atom stereocenters. The van der Waals surface area contributed by atoms with E-state index >= 15 is 0 Å².